The summed E-state index contributed by atoms with van der Waals surface area (Å²) in [6.45, 7) is 3.39. The second-order valence-electron chi connectivity index (χ2n) is 7.88. The van der Waals surface area contributed by atoms with Crippen molar-refractivity contribution in [2.45, 2.75) is 69.7 Å². The van der Waals surface area contributed by atoms with Gasteiger partial charge in [-0.1, -0.05) is 13.0 Å². The highest BCUT2D eigenvalue weighted by Gasteiger charge is 2.43. The lowest BCUT2D eigenvalue weighted by Crippen LogP contribution is -2.40. The van der Waals surface area contributed by atoms with E-state index in [1.165, 1.54) is 5.56 Å². The fourth-order valence-electron chi connectivity index (χ4n) is 4.38. The maximum Gasteiger partial charge on any atom is 0.229 e. The summed E-state index contributed by atoms with van der Waals surface area (Å²) in [4.78, 5) is 17.1. The van der Waals surface area contributed by atoms with Crippen LogP contribution >= 0.6 is 0 Å². The van der Waals surface area contributed by atoms with Gasteiger partial charge in [-0.05, 0) is 49.7 Å². The Morgan fingerprint density at radius 3 is 3.04 bits per heavy atom. The highest BCUT2D eigenvalue weighted by Crippen LogP contribution is 2.39. The Bertz CT molecular complexity index is 625. The lowest BCUT2D eigenvalue weighted by molar-refractivity contribution is -0.191. The number of nitrogens with zero attached hydrogens (tertiary/aromatic N) is 1. The molecule has 136 valence electrons. The zero-order valence-electron chi connectivity index (χ0n) is 15.0. The molecule has 4 rings (SSSR count). The number of aromatic nitrogens is 1. The predicted molar refractivity (Wildman–Crippen MR) is 94.1 cm³/mol. The zero-order valence-corrected chi connectivity index (χ0v) is 15.0. The molecule has 1 spiro atoms. The van der Waals surface area contributed by atoms with Gasteiger partial charge in [0.15, 0.2) is 5.79 Å². The lowest BCUT2D eigenvalue weighted by atomic mass is 9.86. The number of hydrogen-bond donors (Lipinski definition) is 1. The van der Waals surface area contributed by atoms with Gasteiger partial charge in [-0.3, -0.25) is 9.78 Å². The maximum atomic E-state index is 12.7. The Morgan fingerprint density at radius 2 is 2.20 bits per heavy atom. The van der Waals surface area contributed by atoms with Gasteiger partial charge in [0.1, 0.15) is 6.10 Å². The first-order chi connectivity index (χ1) is 12.2. The molecule has 1 aromatic heterocycles. The fraction of sp³-hybridized carbons (Fsp3) is 0.700. The van der Waals surface area contributed by atoms with Crippen LogP contribution in [0.5, 0.6) is 0 Å². The first-order valence-corrected chi connectivity index (χ1v) is 9.68. The summed E-state index contributed by atoms with van der Waals surface area (Å²) < 4.78 is 12.2. The third-order valence-electron chi connectivity index (χ3n) is 5.97. The third kappa shape index (κ3) is 3.58. The Balaban J connectivity index is 1.32. The topological polar surface area (TPSA) is 60.5 Å². The van der Waals surface area contributed by atoms with Gasteiger partial charge in [-0.2, -0.15) is 0 Å². The summed E-state index contributed by atoms with van der Waals surface area (Å²) in [7, 11) is 0. The first-order valence-electron chi connectivity index (χ1n) is 9.68. The van der Waals surface area contributed by atoms with E-state index in [1.54, 1.807) is 6.20 Å². The van der Waals surface area contributed by atoms with E-state index >= 15 is 0 Å². The van der Waals surface area contributed by atoms with E-state index in [9.17, 15) is 4.79 Å². The molecule has 5 nitrogen and oxygen atoms in total. The van der Waals surface area contributed by atoms with Crippen molar-refractivity contribution >= 4 is 5.91 Å². The number of pyridine rings is 1. The molecule has 1 saturated heterocycles. The van der Waals surface area contributed by atoms with Crippen molar-refractivity contribution in [1.29, 1.82) is 0 Å². The molecular formula is C20H28N2O3. The molecule has 0 aromatic carbocycles. The number of nitrogens with one attached hydrogen (secondary N) is 1. The molecule has 5 heteroatoms. The van der Waals surface area contributed by atoms with Gasteiger partial charge < -0.3 is 14.8 Å². The van der Waals surface area contributed by atoms with Crippen molar-refractivity contribution in [2.24, 2.45) is 5.92 Å². The lowest BCUT2D eigenvalue weighted by Gasteiger charge is -2.34. The zero-order chi connectivity index (χ0) is 17.3. The molecule has 2 fully saturated rings. The van der Waals surface area contributed by atoms with Gasteiger partial charge >= 0.3 is 0 Å². The fourth-order valence-corrected chi connectivity index (χ4v) is 4.38. The maximum absolute atomic E-state index is 12.7. The second-order valence-corrected chi connectivity index (χ2v) is 7.88. The molecule has 2 heterocycles. The van der Waals surface area contributed by atoms with Gasteiger partial charge in [-0.15, -0.1) is 0 Å². The van der Waals surface area contributed by atoms with Crippen LogP contribution in [0.1, 0.15) is 62.6 Å². The van der Waals surface area contributed by atoms with E-state index in [4.69, 9.17) is 9.47 Å². The normalized spacial score (nSPS) is 34.7. The Morgan fingerprint density at radius 1 is 1.36 bits per heavy atom. The molecular weight excluding hydrogens is 316 g/mol. The monoisotopic (exact) mass is 344 g/mol. The number of rotatable bonds is 3. The van der Waals surface area contributed by atoms with E-state index in [0.29, 0.717) is 13.2 Å². The summed E-state index contributed by atoms with van der Waals surface area (Å²) in [5, 5.41) is 3.08. The molecule has 1 saturated carbocycles. The smallest absolute Gasteiger partial charge is 0.229 e. The van der Waals surface area contributed by atoms with Crippen molar-refractivity contribution in [2.75, 3.05) is 13.2 Å². The molecule has 0 bridgehead atoms. The van der Waals surface area contributed by atoms with Crippen LogP contribution in [0.15, 0.2) is 18.3 Å². The van der Waals surface area contributed by atoms with E-state index < -0.39 is 0 Å². The van der Waals surface area contributed by atoms with Gasteiger partial charge in [0, 0.05) is 25.6 Å². The average Bonchev–Trinajstić information content (AvgIpc) is 3.05. The largest absolute Gasteiger partial charge is 0.353 e. The first kappa shape index (κ1) is 17.0. The quantitative estimate of drug-likeness (QED) is 0.916. The van der Waals surface area contributed by atoms with Crippen molar-refractivity contribution in [3.63, 3.8) is 0 Å². The Hall–Kier alpha value is -1.46. The van der Waals surface area contributed by atoms with Crippen molar-refractivity contribution in [3.8, 4) is 0 Å². The number of carbonyl (C=O) groups excluding carboxylic acids is 1. The van der Waals surface area contributed by atoms with Crippen LogP contribution in [0.3, 0.4) is 0 Å². The molecule has 1 aliphatic heterocycles. The number of carbonyl (C=O) groups is 1. The van der Waals surface area contributed by atoms with Crippen molar-refractivity contribution < 1.29 is 14.3 Å². The summed E-state index contributed by atoms with van der Waals surface area (Å²) in [6.07, 6.45) is 8.94. The van der Waals surface area contributed by atoms with Crippen LogP contribution in [-0.4, -0.2) is 35.9 Å². The Labute approximate surface area is 149 Å². The second kappa shape index (κ2) is 7.04. The van der Waals surface area contributed by atoms with Crippen LogP contribution in [0.25, 0.3) is 0 Å². The number of fused-ring (bicyclic) bond motifs is 1. The highest BCUT2D eigenvalue weighted by atomic mass is 16.7. The van der Waals surface area contributed by atoms with E-state index in [0.717, 1.165) is 56.6 Å². The van der Waals surface area contributed by atoms with E-state index in [1.807, 2.05) is 6.07 Å². The number of ether oxygens (including phenoxy) is 2. The standard InChI is InChI=1S/C20H28N2O3/c1-14-7-9-20(10-8-14)24-13-16(25-20)12-22-19(23)17-6-2-4-15-5-3-11-21-18(15)17/h3,5,11,14,16-17H,2,4,6-10,12-13H2,1H3,(H,22,23)/t14?,16-,17-,20?/m0/s1. The van der Waals surface area contributed by atoms with Crippen LogP contribution in [0.2, 0.25) is 0 Å². The number of aryl methyl sites for hydroxylation is 1. The minimum absolute atomic E-state index is 0.0378. The van der Waals surface area contributed by atoms with Crippen LogP contribution in [-0.2, 0) is 20.7 Å². The molecule has 1 N–H and O–H groups in total. The summed E-state index contributed by atoms with van der Waals surface area (Å²) in [5.74, 6) is 0.314. The number of hydrogen-bond acceptors (Lipinski definition) is 4. The molecule has 1 amide bonds. The van der Waals surface area contributed by atoms with Gasteiger partial charge in [0.25, 0.3) is 0 Å². The molecule has 2 atom stereocenters. The van der Waals surface area contributed by atoms with Gasteiger partial charge in [-0.25, -0.2) is 0 Å². The summed E-state index contributed by atoms with van der Waals surface area (Å²) in [6, 6.07) is 4.04. The highest BCUT2D eigenvalue weighted by molar-refractivity contribution is 5.83. The minimum Gasteiger partial charge on any atom is -0.353 e. The summed E-state index contributed by atoms with van der Waals surface area (Å²) in [5.41, 5.74) is 2.16. The average molecular weight is 344 g/mol. The molecule has 0 unspecified atom stereocenters. The molecule has 25 heavy (non-hydrogen) atoms. The molecule has 1 aromatic rings. The van der Waals surface area contributed by atoms with E-state index in [2.05, 4.69) is 23.3 Å². The Kier molecular flexibility index (Phi) is 4.78. The SMILES string of the molecule is CC1CCC2(CC1)OC[C@H](CNC(=O)[C@H]1CCCc3cccnc31)O2. The predicted octanol–water partition coefficient (Wildman–Crippen LogP) is 2.94. The van der Waals surface area contributed by atoms with Crippen LogP contribution in [0, 0.1) is 5.92 Å². The molecule has 2 aliphatic carbocycles. The van der Waals surface area contributed by atoms with E-state index in [-0.39, 0.29) is 23.7 Å². The summed E-state index contributed by atoms with van der Waals surface area (Å²) >= 11 is 0. The van der Waals surface area contributed by atoms with Gasteiger partial charge in [0.2, 0.25) is 5.91 Å². The van der Waals surface area contributed by atoms with Crippen LogP contribution in [0.4, 0.5) is 0 Å². The minimum atomic E-state index is -0.388. The van der Waals surface area contributed by atoms with Crippen LogP contribution < -0.4 is 5.32 Å². The third-order valence-corrected chi connectivity index (χ3v) is 5.97. The van der Waals surface area contributed by atoms with Crippen molar-refractivity contribution in [3.05, 3.63) is 29.6 Å². The van der Waals surface area contributed by atoms with Gasteiger partial charge in [0.05, 0.1) is 18.2 Å². The molecule has 3 aliphatic rings. The van der Waals surface area contributed by atoms with Crippen molar-refractivity contribution in [1.82, 2.24) is 10.3 Å². The number of amides is 1. The molecule has 0 radical (unpaired) electrons.